The van der Waals surface area contributed by atoms with Gasteiger partial charge in [0.2, 0.25) is 0 Å². The fourth-order valence-corrected chi connectivity index (χ4v) is 6.21. The van der Waals surface area contributed by atoms with Crippen molar-refractivity contribution in [2.45, 2.75) is 103 Å². The topological polar surface area (TPSA) is 224 Å². The number of hydrogen-bond acceptors (Lipinski definition) is 13. The summed E-state index contributed by atoms with van der Waals surface area (Å²) in [6.07, 6.45) is -7.38. The number of aromatic hydroxyl groups is 3. The van der Waals surface area contributed by atoms with Crippen molar-refractivity contribution in [3.05, 3.63) is 29.3 Å². The van der Waals surface area contributed by atoms with E-state index in [0.717, 1.165) is 12.1 Å². The van der Waals surface area contributed by atoms with E-state index in [1.807, 2.05) is 0 Å². The average Bonchev–Trinajstić information content (AvgIpc) is 2.94. The molecule has 3 rings (SSSR count). The van der Waals surface area contributed by atoms with Gasteiger partial charge in [0.25, 0.3) is 0 Å². The van der Waals surface area contributed by atoms with Crippen LogP contribution in [0.1, 0.15) is 65.7 Å². The Kier molecular flexibility index (Phi) is 8.62. The van der Waals surface area contributed by atoms with Gasteiger partial charge in [0, 0.05) is 10.8 Å². The molecule has 236 valence electrons. The van der Waals surface area contributed by atoms with Gasteiger partial charge in [0.15, 0.2) is 34.9 Å². The number of allylic oxidation sites excluding steroid dienone is 1. The van der Waals surface area contributed by atoms with E-state index in [4.69, 9.17) is 14.2 Å². The summed E-state index contributed by atoms with van der Waals surface area (Å²) in [5.41, 5.74) is -8.82. The molecule has 1 saturated carbocycles. The molecular weight excluding hydrogens is 556 g/mol. The zero-order chi connectivity index (χ0) is 32.4. The second-order valence-corrected chi connectivity index (χ2v) is 12.7. The lowest BCUT2D eigenvalue weighted by molar-refractivity contribution is -0.348. The van der Waals surface area contributed by atoms with Gasteiger partial charge in [-0.1, -0.05) is 33.3 Å². The Morgan fingerprint density at radius 2 is 1.40 bits per heavy atom. The van der Waals surface area contributed by atoms with E-state index in [-0.39, 0.29) is 5.56 Å². The maximum Gasteiger partial charge on any atom is 0.338 e. The van der Waals surface area contributed by atoms with Crippen LogP contribution in [0, 0.1) is 10.8 Å². The van der Waals surface area contributed by atoms with Gasteiger partial charge in [-0.25, -0.2) is 4.79 Å². The summed E-state index contributed by atoms with van der Waals surface area (Å²) in [7, 11) is 0. The maximum absolute atomic E-state index is 13.4. The van der Waals surface area contributed by atoms with Gasteiger partial charge in [-0.3, -0.25) is 4.79 Å². The van der Waals surface area contributed by atoms with Crippen LogP contribution in [-0.2, 0) is 19.0 Å². The van der Waals surface area contributed by atoms with Crippen LogP contribution in [0.4, 0.5) is 0 Å². The molecular formula is C29H42O13. The van der Waals surface area contributed by atoms with Gasteiger partial charge in [0.05, 0.1) is 11.2 Å². The predicted octanol–water partition coefficient (Wildman–Crippen LogP) is 0.626. The van der Waals surface area contributed by atoms with Crippen LogP contribution in [0.15, 0.2) is 23.8 Å². The van der Waals surface area contributed by atoms with Gasteiger partial charge in [-0.15, -0.1) is 0 Å². The summed E-state index contributed by atoms with van der Waals surface area (Å²) in [6.45, 7) is 11.7. The number of esters is 1. The summed E-state index contributed by atoms with van der Waals surface area (Å²) in [4.78, 5) is 25.9. The zero-order valence-corrected chi connectivity index (χ0v) is 24.9. The average molecular weight is 599 g/mol. The third kappa shape index (κ3) is 4.67. The summed E-state index contributed by atoms with van der Waals surface area (Å²) < 4.78 is 17.2. The zero-order valence-electron chi connectivity index (χ0n) is 24.9. The molecule has 1 aliphatic heterocycles. The van der Waals surface area contributed by atoms with Crippen molar-refractivity contribution in [1.82, 2.24) is 0 Å². The number of hydrogen-bond donors (Lipinski definition) is 8. The number of carbonyl (C=O) groups is 2. The molecule has 13 nitrogen and oxygen atoms in total. The number of carbonyl (C=O) groups excluding carboxylic acids is 2. The third-order valence-electron chi connectivity index (χ3n) is 9.69. The number of ketones is 1. The van der Waals surface area contributed by atoms with Crippen molar-refractivity contribution in [1.29, 1.82) is 0 Å². The highest BCUT2D eigenvalue weighted by Gasteiger charge is 2.82. The number of aliphatic hydroxyl groups excluding tert-OH is 3. The van der Waals surface area contributed by atoms with Crippen LogP contribution < -0.4 is 0 Å². The Balaban J connectivity index is 1.93. The molecule has 1 aromatic rings. The predicted molar refractivity (Wildman–Crippen MR) is 145 cm³/mol. The molecule has 0 amide bonds. The van der Waals surface area contributed by atoms with Crippen LogP contribution in [0.2, 0.25) is 0 Å². The van der Waals surface area contributed by atoms with Crippen LogP contribution in [0.25, 0.3) is 0 Å². The molecule has 1 saturated heterocycles. The minimum atomic E-state index is -2.39. The number of aliphatic hydroxyl groups is 5. The maximum atomic E-state index is 13.4. The van der Waals surface area contributed by atoms with Crippen molar-refractivity contribution < 1.29 is 64.7 Å². The minimum Gasteiger partial charge on any atom is -0.504 e. The molecule has 2 aliphatic rings. The molecule has 0 spiro atoms. The standard InChI is InChI=1S/C29H42O13/c1-13(2)9-18(32)29(39)26(5,6)28(8,25(3,4)27(29,7)38)42-24-22(36)21(35)20(34)17(41-24)12-40-23(37)14-10-15(30)19(33)16(31)11-14/h9-11,17,20-22,24,30-31,33-36,38-39H,12H2,1-8H3. The highest BCUT2D eigenvalue weighted by atomic mass is 16.7. The van der Waals surface area contributed by atoms with Gasteiger partial charge in [-0.05, 0) is 45.9 Å². The molecule has 2 fully saturated rings. The molecule has 0 aromatic heterocycles. The van der Waals surface area contributed by atoms with Crippen LogP contribution in [0.5, 0.6) is 17.2 Å². The molecule has 1 aromatic carbocycles. The fourth-order valence-electron chi connectivity index (χ4n) is 6.21. The van der Waals surface area contributed by atoms with Crippen molar-refractivity contribution in [2.24, 2.45) is 10.8 Å². The van der Waals surface area contributed by atoms with Crippen LogP contribution >= 0.6 is 0 Å². The lowest BCUT2D eigenvalue weighted by atomic mass is 9.65. The normalized spacial score (nSPS) is 37.2. The Hall–Kier alpha value is -2.78. The third-order valence-corrected chi connectivity index (χ3v) is 9.69. The van der Waals surface area contributed by atoms with E-state index < -0.39 is 93.9 Å². The SMILES string of the molecule is CC(C)=CC(=O)C1(O)C(C)(C)C(C)(OC2OC(COC(=O)c3cc(O)c(O)c(O)c3)C(O)C(O)C2O)C(C)(C)C1(C)O. The Labute approximate surface area is 243 Å². The largest absolute Gasteiger partial charge is 0.504 e. The summed E-state index contributed by atoms with van der Waals surface area (Å²) >= 11 is 0. The first-order chi connectivity index (χ1) is 19.0. The number of phenolic OH excluding ortho intramolecular Hbond substituents is 3. The van der Waals surface area contributed by atoms with Crippen molar-refractivity contribution >= 4 is 11.8 Å². The van der Waals surface area contributed by atoms with E-state index >= 15 is 0 Å². The second-order valence-electron chi connectivity index (χ2n) is 12.7. The second kappa shape index (κ2) is 10.7. The monoisotopic (exact) mass is 598 g/mol. The van der Waals surface area contributed by atoms with E-state index in [1.54, 1.807) is 27.7 Å². The first kappa shape index (κ1) is 33.7. The van der Waals surface area contributed by atoms with E-state index in [9.17, 15) is 50.4 Å². The number of benzene rings is 1. The molecule has 8 N–H and O–H groups in total. The van der Waals surface area contributed by atoms with Crippen molar-refractivity contribution in [2.75, 3.05) is 6.61 Å². The van der Waals surface area contributed by atoms with Gasteiger partial charge in [0.1, 0.15) is 36.6 Å². The summed E-state index contributed by atoms with van der Waals surface area (Å²) in [5.74, 6) is -4.24. The summed E-state index contributed by atoms with van der Waals surface area (Å²) in [6, 6.07) is 1.68. The highest BCUT2D eigenvalue weighted by Crippen LogP contribution is 2.68. The highest BCUT2D eigenvalue weighted by molar-refractivity contribution is 6.00. The number of phenols is 3. The Morgan fingerprint density at radius 3 is 1.90 bits per heavy atom. The van der Waals surface area contributed by atoms with Gasteiger partial charge < -0.3 is 55.1 Å². The molecule has 42 heavy (non-hydrogen) atoms. The van der Waals surface area contributed by atoms with Crippen molar-refractivity contribution in [3.63, 3.8) is 0 Å². The lowest BCUT2D eigenvalue weighted by Crippen LogP contribution is -2.64. The number of ether oxygens (including phenoxy) is 3. The van der Waals surface area contributed by atoms with E-state index in [1.165, 1.54) is 33.8 Å². The molecule has 13 heteroatoms. The smallest absolute Gasteiger partial charge is 0.338 e. The Bertz CT molecular complexity index is 1240. The van der Waals surface area contributed by atoms with E-state index in [0.29, 0.717) is 5.57 Å². The lowest BCUT2D eigenvalue weighted by Gasteiger charge is -2.51. The van der Waals surface area contributed by atoms with Crippen molar-refractivity contribution in [3.8, 4) is 17.2 Å². The minimum absolute atomic E-state index is 0.342. The van der Waals surface area contributed by atoms with E-state index in [2.05, 4.69) is 0 Å². The number of rotatable bonds is 7. The van der Waals surface area contributed by atoms with Gasteiger partial charge >= 0.3 is 5.97 Å². The van der Waals surface area contributed by atoms with Crippen LogP contribution in [0.3, 0.4) is 0 Å². The first-order valence-electron chi connectivity index (χ1n) is 13.4. The molecule has 1 aliphatic carbocycles. The molecule has 8 atom stereocenters. The van der Waals surface area contributed by atoms with Crippen LogP contribution in [-0.4, -0.2) is 107 Å². The molecule has 1 heterocycles. The quantitative estimate of drug-likeness (QED) is 0.123. The molecule has 0 radical (unpaired) electrons. The molecule has 8 unspecified atom stereocenters. The fraction of sp³-hybridized carbons (Fsp3) is 0.655. The molecule has 0 bridgehead atoms. The Morgan fingerprint density at radius 1 is 0.881 bits per heavy atom. The van der Waals surface area contributed by atoms with Gasteiger partial charge in [-0.2, -0.15) is 0 Å². The first-order valence-corrected chi connectivity index (χ1v) is 13.4. The summed E-state index contributed by atoms with van der Waals surface area (Å²) in [5, 5.41) is 84.6.